The molecule has 0 aromatic carbocycles. The monoisotopic (exact) mass is 266 g/mol. The minimum atomic E-state index is 0.607. The molecule has 2 unspecified atom stereocenters. The van der Waals surface area contributed by atoms with Gasteiger partial charge in [0.15, 0.2) is 0 Å². The van der Waals surface area contributed by atoms with Crippen LogP contribution in [0.1, 0.15) is 72.1 Å². The normalized spacial score (nSPS) is 32.4. The lowest BCUT2D eigenvalue weighted by molar-refractivity contribution is 0.0628. The topological polar surface area (TPSA) is 15.3 Å². The second-order valence-corrected chi connectivity index (χ2v) is 7.37. The third-order valence-corrected chi connectivity index (χ3v) is 5.34. The van der Waals surface area contributed by atoms with Crippen LogP contribution in [0.15, 0.2) is 0 Å². The molecule has 0 aromatic heterocycles. The largest absolute Gasteiger partial charge is 0.314 e. The van der Waals surface area contributed by atoms with E-state index in [2.05, 4.69) is 31.0 Å². The molecule has 2 heteroatoms. The SMILES string of the molecule is CCCNC1CCN(CC2(C)CCCCC2)C(C)C1. The van der Waals surface area contributed by atoms with Gasteiger partial charge in [-0.2, -0.15) is 0 Å². The maximum atomic E-state index is 3.71. The van der Waals surface area contributed by atoms with E-state index in [9.17, 15) is 0 Å². The Kier molecular flexibility index (Phi) is 5.70. The highest BCUT2D eigenvalue weighted by atomic mass is 15.2. The van der Waals surface area contributed by atoms with Gasteiger partial charge in [-0.05, 0) is 57.5 Å². The molecule has 0 aromatic rings. The summed E-state index contributed by atoms with van der Waals surface area (Å²) in [6.07, 6.45) is 11.2. The van der Waals surface area contributed by atoms with Crippen molar-refractivity contribution >= 4 is 0 Å². The van der Waals surface area contributed by atoms with E-state index in [0.717, 1.165) is 12.1 Å². The molecule has 2 nitrogen and oxygen atoms in total. The molecule has 1 saturated heterocycles. The summed E-state index contributed by atoms with van der Waals surface area (Å²) in [4.78, 5) is 2.77. The second kappa shape index (κ2) is 7.08. The van der Waals surface area contributed by atoms with Crippen LogP contribution in [0.25, 0.3) is 0 Å². The van der Waals surface area contributed by atoms with Crippen LogP contribution in [0.2, 0.25) is 0 Å². The van der Waals surface area contributed by atoms with Gasteiger partial charge in [0.1, 0.15) is 0 Å². The highest BCUT2D eigenvalue weighted by molar-refractivity contribution is 4.88. The van der Waals surface area contributed by atoms with Gasteiger partial charge in [0.05, 0.1) is 0 Å². The third kappa shape index (κ3) is 4.46. The molecule has 112 valence electrons. The Morgan fingerprint density at radius 2 is 1.95 bits per heavy atom. The van der Waals surface area contributed by atoms with Gasteiger partial charge in [-0.15, -0.1) is 0 Å². The molecule has 0 bridgehead atoms. The average Bonchev–Trinajstić information content (AvgIpc) is 2.40. The van der Waals surface area contributed by atoms with Gasteiger partial charge >= 0.3 is 0 Å². The van der Waals surface area contributed by atoms with Crippen molar-refractivity contribution in [3.63, 3.8) is 0 Å². The molecule has 0 spiro atoms. The van der Waals surface area contributed by atoms with E-state index >= 15 is 0 Å². The summed E-state index contributed by atoms with van der Waals surface area (Å²) < 4.78 is 0. The van der Waals surface area contributed by atoms with E-state index in [4.69, 9.17) is 0 Å². The predicted octanol–water partition coefficient (Wildman–Crippen LogP) is 3.81. The Bertz CT molecular complexity index is 258. The van der Waals surface area contributed by atoms with Crippen LogP contribution < -0.4 is 5.32 Å². The number of nitrogens with zero attached hydrogens (tertiary/aromatic N) is 1. The van der Waals surface area contributed by atoms with Crippen molar-refractivity contribution in [1.82, 2.24) is 10.2 Å². The van der Waals surface area contributed by atoms with Crippen molar-refractivity contribution in [3.05, 3.63) is 0 Å². The molecule has 1 aliphatic carbocycles. The molecule has 1 N–H and O–H groups in total. The number of nitrogens with one attached hydrogen (secondary N) is 1. The summed E-state index contributed by atoms with van der Waals surface area (Å²) in [7, 11) is 0. The second-order valence-electron chi connectivity index (χ2n) is 7.37. The summed E-state index contributed by atoms with van der Waals surface area (Å²) >= 11 is 0. The van der Waals surface area contributed by atoms with Crippen LogP contribution in [-0.2, 0) is 0 Å². The lowest BCUT2D eigenvalue weighted by atomic mass is 9.75. The molecule has 1 saturated carbocycles. The predicted molar refractivity (Wildman–Crippen MR) is 83.5 cm³/mol. The van der Waals surface area contributed by atoms with Gasteiger partial charge in [-0.1, -0.05) is 33.1 Å². The molecule has 2 fully saturated rings. The van der Waals surface area contributed by atoms with Gasteiger partial charge in [-0.3, -0.25) is 0 Å². The first-order chi connectivity index (χ1) is 9.13. The van der Waals surface area contributed by atoms with Crippen LogP contribution in [0.4, 0.5) is 0 Å². The zero-order valence-corrected chi connectivity index (χ0v) is 13.4. The van der Waals surface area contributed by atoms with E-state index in [1.54, 1.807) is 0 Å². The molecule has 2 aliphatic rings. The number of hydrogen-bond acceptors (Lipinski definition) is 2. The lowest BCUT2D eigenvalue weighted by Gasteiger charge is -2.44. The van der Waals surface area contributed by atoms with E-state index in [1.807, 2.05) is 0 Å². The van der Waals surface area contributed by atoms with E-state index in [0.29, 0.717) is 5.41 Å². The van der Waals surface area contributed by atoms with E-state index in [-0.39, 0.29) is 0 Å². The average molecular weight is 266 g/mol. The number of hydrogen-bond donors (Lipinski definition) is 1. The van der Waals surface area contributed by atoms with Crippen LogP contribution in [0, 0.1) is 5.41 Å². The number of likely N-dealkylation sites (tertiary alicyclic amines) is 1. The highest BCUT2D eigenvalue weighted by Gasteiger charge is 2.33. The Labute approximate surface area is 120 Å². The molecular formula is C17H34N2. The zero-order chi connectivity index (χ0) is 13.7. The fourth-order valence-corrected chi connectivity index (χ4v) is 4.04. The maximum absolute atomic E-state index is 3.71. The van der Waals surface area contributed by atoms with Crippen molar-refractivity contribution in [1.29, 1.82) is 0 Å². The maximum Gasteiger partial charge on any atom is 0.00940 e. The fraction of sp³-hybridized carbons (Fsp3) is 1.00. The van der Waals surface area contributed by atoms with Crippen molar-refractivity contribution < 1.29 is 0 Å². The summed E-state index contributed by atoms with van der Waals surface area (Å²) in [5, 5.41) is 3.71. The number of piperidine rings is 1. The smallest absolute Gasteiger partial charge is 0.00940 e. The van der Waals surface area contributed by atoms with Crippen molar-refractivity contribution in [3.8, 4) is 0 Å². The van der Waals surface area contributed by atoms with Crippen molar-refractivity contribution in [2.24, 2.45) is 5.41 Å². The minimum absolute atomic E-state index is 0.607. The first-order valence-electron chi connectivity index (χ1n) is 8.60. The fourth-order valence-electron chi connectivity index (χ4n) is 4.04. The molecule has 19 heavy (non-hydrogen) atoms. The van der Waals surface area contributed by atoms with Crippen LogP contribution >= 0.6 is 0 Å². The minimum Gasteiger partial charge on any atom is -0.314 e. The third-order valence-electron chi connectivity index (χ3n) is 5.34. The highest BCUT2D eigenvalue weighted by Crippen LogP contribution is 2.37. The van der Waals surface area contributed by atoms with Gasteiger partial charge < -0.3 is 10.2 Å². The van der Waals surface area contributed by atoms with Crippen molar-refractivity contribution in [2.75, 3.05) is 19.6 Å². The summed E-state index contributed by atoms with van der Waals surface area (Å²) in [6, 6.07) is 1.53. The summed E-state index contributed by atoms with van der Waals surface area (Å²) in [6.45, 7) is 11.1. The lowest BCUT2D eigenvalue weighted by Crippen LogP contribution is -2.50. The Hall–Kier alpha value is -0.0800. The van der Waals surface area contributed by atoms with E-state index < -0.39 is 0 Å². The molecule has 0 radical (unpaired) electrons. The van der Waals surface area contributed by atoms with Gasteiger partial charge in [0, 0.05) is 18.6 Å². The van der Waals surface area contributed by atoms with Gasteiger partial charge in [0.25, 0.3) is 0 Å². The first-order valence-corrected chi connectivity index (χ1v) is 8.60. The number of rotatable bonds is 5. The van der Waals surface area contributed by atoms with E-state index in [1.165, 1.54) is 71.0 Å². The van der Waals surface area contributed by atoms with Gasteiger partial charge in [0.2, 0.25) is 0 Å². The zero-order valence-electron chi connectivity index (χ0n) is 13.4. The van der Waals surface area contributed by atoms with Gasteiger partial charge in [-0.25, -0.2) is 0 Å². The molecule has 0 amide bonds. The van der Waals surface area contributed by atoms with Crippen LogP contribution in [0.3, 0.4) is 0 Å². The molecule has 2 atom stereocenters. The van der Waals surface area contributed by atoms with Crippen LogP contribution in [0.5, 0.6) is 0 Å². The Morgan fingerprint density at radius 3 is 2.58 bits per heavy atom. The Morgan fingerprint density at radius 1 is 1.21 bits per heavy atom. The molecular weight excluding hydrogens is 232 g/mol. The molecule has 2 rings (SSSR count). The van der Waals surface area contributed by atoms with Crippen molar-refractivity contribution in [2.45, 2.75) is 84.2 Å². The standard InChI is InChI=1S/C17H34N2/c1-4-11-18-16-8-12-19(15(2)13-16)14-17(3)9-6-5-7-10-17/h15-16,18H,4-14H2,1-3H3. The first kappa shape index (κ1) is 15.3. The Balaban J connectivity index is 1.79. The molecule has 1 aliphatic heterocycles. The summed E-state index contributed by atoms with van der Waals surface area (Å²) in [5.41, 5.74) is 0.607. The molecule has 1 heterocycles. The quantitative estimate of drug-likeness (QED) is 0.814. The van der Waals surface area contributed by atoms with Crippen LogP contribution in [-0.4, -0.2) is 36.6 Å². The summed E-state index contributed by atoms with van der Waals surface area (Å²) in [5.74, 6) is 0.